The smallest absolute Gasteiger partial charge is 0.159 e. The Bertz CT molecular complexity index is 4890. The standard InChI is InChI=1S/C76H57N3O2/c1-75(2,3)64-30-16-26-56-58-28-18-32-66(73(58)80-71(56)64)77(52-22-12-8-13-23-52)54-36-34-47-40-60-62-42-51(46-20-10-7-11-21-46)43-63-61-41-48-35-37-55(39-50(48)45-69(61)79(70(62)63)68(60)44-49(47)38-54)78(53-24-14-9-15-25-53)67-33-19-29-59-57-27-17-31-65(76(4,5)6)72(57)81-74(59)67/h7-45H,1-6H3. The first-order valence-electron chi connectivity index (χ1n) is 28.2. The number of anilines is 6. The molecule has 4 aromatic heterocycles. The summed E-state index contributed by atoms with van der Waals surface area (Å²) in [6.07, 6.45) is 0. The minimum absolute atomic E-state index is 0.0893. The van der Waals surface area contributed by atoms with Gasteiger partial charge in [-0.2, -0.15) is 0 Å². The van der Waals surface area contributed by atoms with Crippen molar-refractivity contribution in [3.63, 3.8) is 0 Å². The number of rotatable bonds is 7. The van der Waals surface area contributed by atoms with Crippen LogP contribution in [0.1, 0.15) is 52.7 Å². The molecule has 0 saturated carbocycles. The zero-order valence-corrected chi connectivity index (χ0v) is 46.2. The van der Waals surface area contributed by atoms with Crippen LogP contribution in [-0.4, -0.2) is 4.40 Å². The Morgan fingerprint density at radius 1 is 0.296 bits per heavy atom. The fourth-order valence-electron chi connectivity index (χ4n) is 13.2. The maximum Gasteiger partial charge on any atom is 0.159 e. The summed E-state index contributed by atoms with van der Waals surface area (Å²) in [5, 5.41) is 14.1. The lowest BCUT2D eigenvalue weighted by Gasteiger charge is -2.26. The number of aromatic nitrogens is 1. The van der Waals surface area contributed by atoms with Crippen LogP contribution in [-0.2, 0) is 10.8 Å². The zero-order valence-electron chi connectivity index (χ0n) is 46.2. The molecule has 5 heteroatoms. The van der Waals surface area contributed by atoms with Gasteiger partial charge in [-0.3, -0.25) is 0 Å². The third-order valence-corrected chi connectivity index (χ3v) is 17.0. The van der Waals surface area contributed by atoms with Crippen LogP contribution in [0.25, 0.3) is 115 Å². The molecule has 0 aliphatic carbocycles. The largest absolute Gasteiger partial charge is 0.454 e. The Balaban J connectivity index is 0.917. The molecule has 0 unspecified atom stereocenters. The van der Waals surface area contributed by atoms with E-state index in [2.05, 4.69) is 292 Å². The molecule has 388 valence electrons. The molecule has 0 aliphatic heterocycles. The van der Waals surface area contributed by atoms with Gasteiger partial charge in [0.15, 0.2) is 11.2 Å². The van der Waals surface area contributed by atoms with E-state index < -0.39 is 0 Å². The van der Waals surface area contributed by atoms with Gasteiger partial charge in [-0.15, -0.1) is 0 Å². The summed E-state index contributed by atoms with van der Waals surface area (Å²) in [6.45, 7) is 13.5. The van der Waals surface area contributed by atoms with Gasteiger partial charge in [0.2, 0.25) is 0 Å². The number of hydrogen-bond acceptors (Lipinski definition) is 4. The highest BCUT2D eigenvalue weighted by Gasteiger charge is 2.28. The molecule has 5 nitrogen and oxygen atoms in total. The second-order valence-corrected chi connectivity index (χ2v) is 24.1. The van der Waals surface area contributed by atoms with E-state index >= 15 is 0 Å². The molecule has 0 saturated heterocycles. The molecular formula is C76H57N3O2. The van der Waals surface area contributed by atoms with E-state index in [1.807, 2.05) is 0 Å². The summed E-state index contributed by atoms with van der Waals surface area (Å²) in [5.41, 5.74) is 18.1. The van der Waals surface area contributed by atoms with Gasteiger partial charge in [0, 0.05) is 77.0 Å². The first-order chi connectivity index (χ1) is 39.4. The van der Waals surface area contributed by atoms with Gasteiger partial charge >= 0.3 is 0 Å². The topological polar surface area (TPSA) is 37.2 Å². The Kier molecular flexibility index (Phi) is 10.1. The summed E-state index contributed by atoms with van der Waals surface area (Å²) in [4.78, 5) is 4.72. The van der Waals surface area contributed by atoms with Crippen LogP contribution in [0.2, 0.25) is 0 Å². The van der Waals surface area contributed by atoms with Crippen molar-refractivity contribution >= 4 is 138 Å². The Hall–Kier alpha value is -9.84. The quantitative estimate of drug-likeness (QED) is 0.159. The number of para-hydroxylation sites is 6. The third kappa shape index (κ3) is 7.24. The summed E-state index contributed by atoms with van der Waals surface area (Å²) in [6, 6.07) is 86.8. The molecule has 0 bridgehead atoms. The second-order valence-electron chi connectivity index (χ2n) is 24.1. The lowest BCUT2D eigenvalue weighted by molar-refractivity contribution is 0.572. The van der Waals surface area contributed by atoms with Crippen molar-refractivity contribution in [1.29, 1.82) is 0 Å². The summed E-state index contributed by atoms with van der Waals surface area (Å²) >= 11 is 0. The second kappa shape index (κ2) is 17.3. The van der Waals surface area contributed by atoms with Gasteiger partial charge in [0.05, 0.1) is 27.9 Å². The van der Waals surface area contributed by atoms with Crippen molar-refractivity contribution in [3.8, 4) is 11.1 Å². The molecule has 81 heavy (non-hydrogen) atoms. The molecule has 0 N–H and O–H groups in total. The van der Waals surface area contributed by atoms with Crippen LogP contribution in [0.3, 0.4) is 0 Å². The number of hydrogen-bond donors (Lipinski definition) is 0. The van der Waals surface area contributed by atoms with Crippen molar-refractivity contribution in [1.82, 2.24) is 4.40 Å². The average molecular weight is 1040 g/mol. The normalized spacial score (nSPS) is 12.6. The van der Waals surface area contributed by atoms with Crippen molar-refractivity contribution in [3.05, 3.63) is 248 Å². The Labute approximate surface area is 469 Å². The lowest BCUT2D eigenvalue weighted by Crippen LogP contribution is -2.11. The number of benzene rings is 12. The van der Waals surface area contributed by atoms with E-state index in [1.54, 1.807) is 0 Å². The van der Waals surface area contributed by atoms with Crippen LogP contribution in [0.5, 0.6) is 0 Å². The average Bonchev–Trinajstić information content (AvgIpc) is 2.21. The molecule has 0 amide bonds. The van der Waals surface area contributed by atoms with Crippen LogP contribution in [0.15, 0.2) is 245 Å². The zero-order chi connectivity index (χ0) is 54.5. The Morgan fingerprint density at radius 2 is 0.704 bits per heavy atom. The van der Waals surface area contributed by atoms with Crippen molar-refractivity contribution in [2.75, 3.05) is 9.80 Å². The molecule has 0 radical (unpaired) electrons. The lowest BCUT2D eigenvalue weighted by atomic mass is 9.86. The van der Waals surface area contributed by atoms with E-state index in [9.17, 15) is 0 Å². The van der Waals surface area contributed by atoms with Gasteiger partial charge in [-0.25, -0.2) is 0 Å². The monoisotopic (exact) mass is 1040 g/mol. The maximum atomic E-state index is 7.04. The SMILES string of the molecule is CC(C)(C)c1cccc2c1oc1c(N(c3ccccc3)c3ccc4cc5c6cc(-c7ccccc7)cc7c8cc9ccc(N(c%10ccccc%10)c%10cccc%11c%10oc%10c(C(C)(C)C)cccc%10%11)cc9cc8n(c5cc4c3)c67)cccc12. The highest BCUT2D eigenvalue weighted by atomic mass is 16.3. The molecule has 16 aromatic rings. The highest BCUT2D eigenvalue weighted by molar-refractivity contribution is 6.27. The molecule has 4 heterocycles. The van der Waals surface area contributed by atoms with Crippen LogP contribution >= 0.6 is 0 Å². The first-order valence-corrected chi connectivity index (χ1v) is 28.2. The molecule has 16 rings (SSSR count). The fourth-order valence-corrected chi connectivity index (χ4v) is 13.2. The van der Waals surface area contributed by atoms with E-state index in [0.29, 0.717) is 0 Å². The maximum absolute atomic E-state index is 7.04. The summed E-state index contributed by atoms with van der Waals surface area (Å²) in [5.74, 6) is 0. The third-order valence-electron chi connectivity index (χ3n) is 17.0. The number of fused-ring (bicyclic) bond motifs is 14. The van der Waals surface area contributed by atoms with Crippen molar-refractivity contribution < 1.29 is 8.83 Å². The van der Waals surface area contributed by atoms with E-state index in [-0.39, 0.29) is 10.8 Å². The molecule has 0 aliphatic rings. The van der Waals surface area contributed by atoms with Crippen LogP contribution < -0.4 is 9.80 Å². The van der Waals surface area contributed by atoms with Gasteiger partial charge in [0.1, 0.15) is 11.2 Å². The molecule has 0 fully saturated rings. The summed E-state index contributed by atoms with van der Waals surface area (Å²) < 4.78 is 16.6. The van der Waals surface area contributed by atoms with E-state index in [4.69, 9.17) is 8.83 Å². The van der Waals surface area contributed by atoms with Gasteiger partial charge in [-0.05, 0) is 141 Å². The van der Waals surface area contributed by atoms with E-state index in [0.717, 1.165) is 88.8 Å². The van der Waals surface area contributed by atoms with Crippen LogP contribution in [0.4, 0.5) is 34.1 Å². The minimum atomic E-state index is -0.0893. The predicted molar refractivity (Wildman–Crippen MR) is 343 cm³/mol. The van der Waals surface area contributed by atoms with Crippen molar-refractivity contribution in [2.45, 2.75) is 52.4 Å². The molecule has 0 atom stereocenters. The molecule has 0 spiro atoms. The molecule has 12 aromatic carbocycles. The summed E-state index contributed by atoms with van der Waals surface area (Å²) in [7, 11) is 0. The van der Waals surface area contributed by atoms with Gasteiger partial charge in [0.25, 0.3) is 0 Å². The van der Waals surface area contributed by atoms with E-state index in [1.165, 1.54) is 71.1 Å². The highest BCUT2D eigenvalue weighted by Crippen LogP contribution is 2.49. The van der Waals surface area contributed by atoms with Gasteiger partial charge in [-0.1, -0.05) is 181 Å². The van der Waals surface area contributed by atoms with Crippen molar-refractivity contribution in [2.24, 2.45) is 0 Å². The predicted octanol–water partition coefficient (Wildman–Crippen LogP) is 22.1. The van der Waals surface area contributed by atoms with Crippen LogP contribution in [0, 0.1) is 0 Å². The Morgan fingerprint density at radius 3 is 1.14 bits per heavy atom. The minimum Gasteiger partial charge on any atom is -0.454 e. The van der Waals surface area contributed by atoms with Gasteiger partial charge < -0.3 is 23.0 Å². The first kappa shape index (κ1) is 47.2. The number of furan rings is 2. The molecular weight excluding hydrogens is 987 g/mol. The fraction of sp³-hybridized carbons (Fsp3) is 0.105. The number of nitrogens with zero attached hydrogens (tertiary/aromatic N) is 3.